The van der Waals surface area contributed by atoms with Crippen molar-refractivity contribution in [2.24, 2.45) is 5.92 Å². The lowest BCUT2D eigenvalue weighted by atomic mass is 10.0. The summed E-state index contributed by atoms with van der Waals surface area (Å²) in [6.45, 7) is 4.85. The molecule has 6 rings (SSSR count). The maximum absolute atomic E-state index is 13.9. The zero-order valence-corrected chi connectivity index (χ0v) is 21.0. The van der Waals surface area contributed by atoms with Crippen molar-refractivity contribution in [3.8, 4) is 5.69 Å². The first-order chi connectivity index (χ1) is 15.9. The number of likely N-dealkylation sites (tertiary alicyclic amines) is 1. The number of carbonyl (C=O) groups excluding carboxylic acids is 1. The number of aryl methyl sites for hydroxylation is 2. The lowest BCUT2D eigenvalue weighted by Crippen LogP contribution is -2.41. The SMILES string of the molecule is Cc1ccc(C2Cc3c(C(=O)N4CC5CCC4C5)c(=O)cc(C)n3-c3ccc(Cl)cc3S2)s1. The number of halogens is 1. The highest BCUT2D eigenvalue weighted by Gasteiger charge is 2.42. The highest BCUT2D eigenvalue weighted by Crippen LogP contribution is 2.47. The largest absolute Gasteiger partial charge is 0.335 e. The van der Waals surface area contributed by atoms with Crippen LogP contribution < -0.4 is 5.43 Å². The molecular formula is C26H25ClN2O2S2. The first kappa shape index (κ1) is 21.5. The van der Waals surface area contributed by atoms with Gasteiger partial charge in [-0.15, -0.1) is 23.1 Å². The van der Waals surface area contributed by atoms with Gasteiger partial charge in [0, 0.05) is 61.4 Å². The number of thiophene rings is 1. The Labute approximate surface area is 206 Å². The lowest BCUT2D eigenvalue weighted by Gasteiger charge is -2.28. The summed E-state index contributed by atoms with van der Waals surface area (Å²) in [6.07, 6.45) is 3.95. The van der Waals surface area contributed by atoms with Crippen LogP contribution in [0.2, 0.25) is 5.02 Å². The van der Waals surface area contributed by atoms with Crippen molar-refractivity contribution < 1.29 is 4.79 Å². The van der Waals surface area contributed by atoms with E-state index >= 15 is 0 Å². The minimum absolute atomic E-state index is 0.0838. The molecule has 4 nitrogen and oxygen atoms in total. The fraction of sp³-hybridized carbons (Fsp3) is 0.385. The van der Waals surface area contributed by atoms with E-state index in [1.807, 2.05) is 30.0 Å². The van der Waals surface area contributed by atoms with E-state index in [1.54, 1.807) is 29.2 Å². The molecule has 1 saturated heterocycles. The molecule has 3 unspecified atom stereocenters. The van der Waals surface area contributed by atoms with Gasteiger partial charge in [-0.3, -0.25) is 9.59 Å². The van der Waals surface area contributed by atoms with Gasteiger partial charge in [-0.05, 0) is 69.4 Å². The number of piperidine rings is 1. The number of nitrogens with zero attached hydrogens (tertiary/aromatic N) is 2. The number of amides is 1. The molecule has 1 amide bonds. The number of aromatic nitrogens is 1. The average molecular weight is 497 g/mol. The monoisotopic (exact) mass is 496 g/mol. The summed E-state index contributed by atoms with van der Waals surface area (Å²) < 4.78 is 2.13. The second-order valence-electron chi connectivity index (χ2n) is 9.47. The zero-order chi connectivity index (χ0) is 22.9. The van der Waals surface area contributed by atoms with E-state index in [0.717, 1.165) is 41.4 Å². The minimum Gasteiger partial charge on any atom is -0.335 e. The van der Waals surface area contributed by atoms with Crippen LogP contribution in [0.5, 0.6) is 0 Å². The van der Waals surface area contributed by atoms with Crippen molar-refractivity contribution in [1.82, 2.24) is 9.47 Å². The highest BCUT2D eigenvalue weighted by molar-refractivity contribution is 7.99. The second kappa shape index (κ2) is 8.03. The van der Waals surface area contributed by atoms with Crippen molar-refractivity contribution in [2.75, 3.05) is 6.54 Å². The summed E-state index contributed by atoms with van der Waals surface area (Å²) in [7, 11) is 0. The summed E-state index contributed by atoms with van der Waals surface area (Å²) in [5, 5.41) is 0.798. The molecule has 0 radical (unpaired) electrons. The fourth-order valence-corrected chi connectivity index (χ4v) is 8.39. The van der Waals surface area contributed by atoms with Crippen LogP contribution >= 0.6 is 34.7 Å². The lowest BCUT2D eigenvalue weighted by molar-refractivity contribution is 0.0700. The molecule has 2 fully saturated rings. The van der Waals surface area contributed by atoms with Gasteiger partial charge < -0.3 is 9.47 Å². The molecule has 3 aliphatic rings. The molecule has 4 heterocycles. The van der Waals surface area contributed by atoms with Gasteiger partial charge in [-0.1, -0.05) is 11.6 Å². The average Bonchev–Trinajstić information content (AvgIpc) is 3.49. The number of pyridine rings is 1. The molecule has 0 spiro atoms. The van der Waals surface area contributed by atoms with Crippen LogP contribution in [0.1, 0.15) is 56.0 Å². The Morgan fingerprint density at radius 3 is 2.67 bits per heavy atom. The molecule has 170 valence electrons. The van der Waals surface area contributed by atoms with Crippen molar-refractivity contribution in [2.45, 2.75) is 55.7 Å². The normalized spacial score (nSPS) is 23.4. The van der Waals surface area contributed by atoms with Crippen LogP contribution in [0.15, 0.2) is 46.1 Å². The van der Waals surface area contributed by atoms with Crippen LogP contribution in [0.4, 0.5) is 0 Å². The standard InChI is InChI=1S/C26H25ClN2O2S2/c1-14-9-21(30)25(26(31)28-13-16-4-6-18(28)10-16)20-12-24(22-8-3-15(2)32-22)33-23-11-17(27)5-7-19(23)29(14)20/h3,5,7-9,11,16,18,24H,4,6,10,12-13H2,1-2H3. The zero-order valence-electron chi connectivity index (χ0n) is 18.6. The van der Waals surface area contributed by atoms with Crippen LogP contribution in [0, 0.1) is 19.8 Å². The Morgan fingerprint density at radius 2 is 1.97 bits per heavy atom. The van der Waals surface area contributed by atoms with Crippen LogP contribution in [0.3, 0.4) is 0 Å². The molecule has 33 heavy (non-hydrogen) atoms. The molecule has 2 aliphatic heterocycles. The van der Waals surface area contributed by atoms with E-state index in [-0.39, 0.29) is 22.6 Å². The first-order valence-corrected chi connectivity index (χ1v) is 13.6. The number of benzene rings is 1. The number of hydrogen-bond acceptors (Lipinski definition) is 4. The topological polar surface area (TPSA) is 42.3 Å². The summed E-state index contributed by atoms with van der Waals surface area (Å²) in [5.41, 5.74) is 2.87. The second-order valence-corrected chi connectivity index (χ2v) is 12.5. The molecule has 1 aromatic carbocycles. The van der Waals surface area contributed by atoms with Gasteiger partial charge in [0.05, 0.1) is 5.69 Å². The number of carbonyl (C=O) groups is 1. The third-order valence-corrected chi connectivity index (χ3v) is 10.1. The van der Waals surface area contributed by atoms with Crippen LogP contribution in [-0.4, -0.2) is 28.0 Å². The van der Waals surface area contributed by atoms with Gasteiger partial charge >= 0.3 is 0 Å². The first-order valence-electron chi connectivity index (χ1n) is 11.5. The van der Waals surface area contributed by atoms with Crippen molar-refractivity contribution in [1.29, 1.82) is 0 Å². The maximum Gasteiger partial charge on any atom is 0.259 e. The van der Waals surface area contributed by atoms with Gasteiger partial charge in [-0.25, -0.2) is 0 Å². The molecule has 1 saturated carbocycles. The number of fused-ring (bicyclic) bond motifs is 5. The molecule has 1 aliphatic carbocycles. The molecule has 2 bridgehead atoms. The molecule has 2 aromatic heterocycles. The summed E-state index contributed by atoms with van der Waals surface area (Å²) in [6, 6.07) is 12.1. The smallest absolute Gasteiger partial charge is 0.259 e. The number of hydrogen-bond donors (Lipinski definition) is 0. The number of thioether (sulfide) groups is 1. The quantitative estimate of drug-likeness (QED) is 0.425. The molecule has 3 atom stereocenters. The summed E-state index contributed by atoms with van der Waals surface area (Å²) >= 11 is 9.94. The van der Waals surface area contributed by atoms with Crippen LogP contribution in [-0.2, 0) is 6.42 Å². The number of rotatable bonds is 2. The summed E-state index contributed by atoms with van der Waals surface area (Å²) in [5.74, 6) is 0.505. The predicted molar refractivity (Wildman–Crippen MR) is 135 cm³/mol. The maximum atomic E-state index is 13.9. The third-order valence-electron chi connectivity index (χ3n) is 7.27. The van der Waals surface area contributed by atoms with Crippen LogP contribution in [0.25, 0.3) is 5.69 Å². The van der Waals surface area contributed by atoms with Crippen molar-refractivity contribution in [3.05, 3.63) is 78.3 Å². The van der Waals surface area contributed by atoms with Crippen molar-refractivity contribution >= 4 is 40.6 Å². The van der Waals surface area contributed by atoms with E-state index in [1.165, 1.54) is 16.2 Å². The van der Waals surface area contributed by atoms with Gasteiger partial charge in [0.15, 0.2) is 5.43 Å². The van der Waals surface area contributed by atoms with Gasteiger partial charge in [0.2, 0.25) is 0 Å². The molecule has 7 heteroatoms. The van der Waals surface area contributed by atoms with E-state index < -0.39 is 0 Å². The van der Waals surface area contributed by atoms with Gasteiger partial charge in [-0.2, -0.15) is 0 Å². The highest BCUT2D eigenvalue weighted by atomic mass is 35.5. The predicted octanol–water partition coefficient (Wildman–Crippen LogP) is 6.18. The molecule has 3 aromatic rings. The third kappa shape index (κ3) is 3.58. The van der Waals surface area contributed by atoms with E-state index in [0.29, 0.717) is 22.9 Å². The van der Waals surface area contributed by atoms with E-state index in [4.69, 9.17) is 11.6 Å². The molecular weight excluding hydrogens is 472 g/mol. The Morgan fingerprint density at radius 1 is 1.12 bits per heavy atom. The van der Waals surface area contributed by atoms with E-state index in [2.05, 4.69) is 23.6 Å². The Bertz CT molecular complexity index is 1340. The Kier molecular flexibility index (Phi) is 5.24. The van der Waals surface area contributed by atoms with E-state index in [9.17, 15) is 9.59 Å². The Hall–Kier alpha value is -2.02. The van der Waals surface area contributed by atoms with Gasteiger partial charge in [0.25, 0.3) is 5.91 Å². The van der Waals surface area contributed by atoms with Gasteiger partial charge in [0.1, 0.15) is 5.56 Å². The molecule has 0 N–H and O–H groups in total. The Balaban J connectivity index is 1.56. The van der Waals surface area contributed by atoms with Crippen molar-refractivity contribution in [3.63, 3.8) is 0 Å². The minimum atomic E-state index is -0.157. The fourth-order valence-electron chi connectivity index (χ4n) is 5.79. The summed E-state index contributed by atoms with van der Waals surface area (Å²) in [4.78, 5) is 32.8.